The van der Waals surface area contributed by atoms with Gasteiger partial charge in [-0.2, -0.15) is 0 Å². The number of hydrogen-bond donors (Lipinski definition) is 0. The van der Waals surface area contributed by atoms with E-state index >= 15 is 0 Å². The number of aryl methyl sites for hydroxylation is 2. The molecule has 4 aromatic rings. The maximum Gasteiger partial charge on any atom is 0.159 e. The Labute approximate surface area is 115 Å². The highest BCUT2D eigenvalue weighted by Gasteiger charge is 2.10. The second-order valence-corrected chi connectivity index (χ2v) is 4.93. The quantitative estimate of drug-likeness (QED) is 0.530. The molecule has 0 saturated heterocycles. The minimum atomic E-state index is 0.894. The Morgan fingerprint density at radius 2 is 1.90 bits per heavy atom. The molecule has 0 N–H and O–H groups in total. The van der Waals surface area contributed by atoms with Crippen LogP contribution in [0.1, 0.15) is 0 Å². The molecule has 0 aliphatic carbocycles. The van der Waals surface area contributed by atoms with E-state index in [2.05, 4.69) is 37.7 Å². The molecular weight excluding hydrogens is 250 g/mol. The summed E-state index contributed by atoms with van der Waals surface area (Å²) in [5.74, 6) is 0. The van der Waals surface area contributed by atoms with Crippen molar-refractivity contribution in [3.8, 4) is 11.3 Å². The molecular formula is C15H13N5. The van der Waals surface area contributed by atoms with Crippen LogP contribution in [0, 0.1) is 0 Å². The average Bonchev–Trinajstić information content (AvgIpc) is 3.01. The summed E-state index contributed by atoms with van der Waals surface area (Å²) in [4.78, 5) is 13.3. The van der Waals surface area contributed by atoms with Crippen molar-refractivity contribution in [3.05, 3.63) is 43.0 Å². The monoisotopic (exact) mass is 263 g/mol. The van der Waals surface area contributed by atoms with Gasteiger partial charge in [0.1, 0.15) is 11.2 Å². The van der Waals surface area contributed by atoms with Gasteiger partial charge in [0.25, 0.3) is 0 Å². The van der Waals surface area contributed by atoms with Crippen LogP contribution in [-0.2, 0) is 14.1 Å². The SMILES string of the molecule is Cn1cnc2cc(-c3cc4cccnc4n3C)cnc21. The second kappa shape index (κ2) is 3.90. The first kappa shape index (κ1) is 11.2. The zero-order valence-corrected chi connectivity index (χ0v) is 11.3. The van der Waals surface area contributed by atoms with Gasteiger partial charge in [0.05, 0.1) is 12.0 Å². The van der Waals surface area contributed by atoms with E-state index in [0.29, 0.717) is 0 Å². The summed E-state index contributed by atoms with van der Waals surface area (Å²) in [6, 6.07) is 8.22. The predicted molar refractivity (Wildman–Crippen MR) is 78.2 cm³/mol. The van der Waals surface area contributed by atoms with E-state index in [1.54, 1.807) is 6.33 Å². The summed E-state index contributed by atoms with van der Waals surface area (Å²) in [6.45, 7) is 0. The van der Waals surface area contributed by atoms with Crippen LogP contribution >= 0.6 is 0 Å². The molecule has 0 radical (unpaired) electrons. The first-order valence-electron chi connectivity index (χ1n) is 6.42. The van der Waals surface area contributed by atoms with E-state index < -0.39 is 0 Å². The molecule has 98 valence electrons. The average molecular weight is 263 g/mol. The molecule has 0 atom stereocenters. The molecule has 0 fully saturated rings. The molecule has 0 aliphatic heterocycles. The highest BCUT2D eigenvalue weighted by molar-refractivity contribution is 5.86. The van der Waals surface area contributed by atoms with Gasteiger partial charge in [-0.05, 0) is 24.3 Å². The lowest BCUT2D eigenvalue weighted by Gasteiger charge is -2.03. The van der Waals surface area contributed by atoms with Crippen LogP contribution in [0.25, 0.3) is 33.5 Å². The van der Waals surface area contributed by atoms with Gasteiger partial charge >= 0.3 is 0 Å². The van der Waals surface area contributed by atoms with E-state index in [9.17, 15) is 0 Å². The van der Waals surface area contributed by atoms with Crippen molar-refractivity contribution >= 4 is 22.2 Å². The summed E-state index contributed by atoms with van der Waals surface area (Å²) in [5, 5.41) is 1.13. The Morgan fingerprint density at radius 3 is 2.75 bits per heavy atom. The lowest BCUT2D eigenvalue weighted by atomic mass is 10.2. The summed E-state index contributed by atoms with van der Waals surface area (Å²) < 4.78 is 4.00. The lowest BCUT2D eigenvalue weighted by molar-refractivity contribution is 0.930. The Kier molecular flexibility index (Phi) is 2.18. The summed E-state index contributed by atoms with van der Waals surface area (Å²) in [6.07, 6.45) is 5.48. The lowest BCUT2D eigenvalue weighted by Crippen LogP contribution is -1.94. The van der Waals surface area contributed by atoms with E-state index in [1.807, 2.05) is 37.1 Å². The normalized spacial score (nSPS) is 11.5. The summed E-state index contributed by atoms with van der Waals surface area (Å²) in [7, 11) is 3.97. The number of imidazole rings is 1. The smallest absolute Gasteiger partial charge is 0.159 e. The highest BCUT2D eigenvalue weighted by Crippen LogP contribution is 2.27. The third kappa shape index (κ3) is 1.46. The van der Waals surface area contributed by atoms with Gasteiger partial charge in [-0.1, -0.05) is 0 Å². The number of aromatic nitrogens is 5. The molecule has 5 heteroatoms. The van der Waals surface area contributed by atoms with Gasteiger partial charge < -0.3 is 9.13 Å². The fourth-order valence-electron chi connectivity index (χ4n) is 2.59. The van der Waals surface area contributed by atoms with Crippen molar-refractivity contribution < 1.29 is 0 Å². The maximum atomic E-state index is 4.50. The second-order valence-electron chi connectivity index (χ2n) is 4.93. The minimum absolute atomic E-state index is 0.894. The molecule has 0 aromatic carbocycles. The Balaban J connectivity index is 1.98. The van der Waals surface area contributed by atoms with Gasteiger partial charge in [-0.3, -0.25) is 0 Å². The van der Waals surface area contributed by atoms with Crippen molar-refractivity contribution in [2.45, 2.75) is 0 Å². The molecule has 0 saturated carbocycles. The van der Waals surface area contributed by atoms with Crippen LogP contribution in [0.15, 0.2) is 43.0 Å². The molecule has 0 unspecified atom stereocenters. The van der Waals surface area contributed by atoms with E-state index in [4.69, 9.17) is 0 Å². The Morgan fingerprint density at radius 1 is 1.00 bits per heavy atom. The fourth-order valence-corrected chi connectivity index (χ4v) is 2.59. The van der Waals surface area contributed by atoms with Crippen molar-refractivity contribution in [2.24, 2.45) is 14.1 Å². The van der Waals surface area contributed by atoms with Crippen LogP contribution < -0.4 is 0 Å². The van der Waals surface area contributed by atoms with Gasteiger partial charge in [0.15, 0.2) is 5.65 Å². The van der Waals surface area contributed by atoms with Crippen LogP contribution in [0.3, 0.4) is 0 Å². The molecule has 5 nitrogen and oxygen atoms in total. The summed E-state index contributed by atoms with van der Waals surface area (Å²) >= 11 is 0. The molecule has 0 spiro atoms. The summed E-state index contributed by atoms with van der Waals surface area (Å²) in [5.41, 5.74) is 4.92. The van der Waals surface area contributed by atoms with Crippen molar-refractivity contribution in [3.63, 3.8) is 0 Å². The number of fused-ring (bicyclic) bond motifs is 2. The van der Waals surface area contributed by atoms with Crippen LogP contribution in [0.2, 0.25) is 0 Å². The molecule has 0 amide bonds. The number of pyridine rings is 2. The topological polar surface area (TPSA) is 48.5 Å². The number of rotatable bonds is 1. The first-order chi connectivity index (χ1) is 9.74. The van der Waals surface area contributed by atoms with Crippen molar-refractivity contribution in [2.75, 3.05) is 0 Å². The maximum absolute atomic E-state index is 4.50. The number of nitrogens with zero attached hydrogens (tertiary/aromatic N) is 5. The Bertz CT molecular complexity index is 932. The highest BCUT2D eigenvalue weighted by atomic mass is 15.1. The zero-order chi connectivity index (χ0) is 13.7. The zero-order valence-electron chi connectivity index (χ0n) is 11.3. The molecule has 4 aromatic heterocycles. The number of hydrogen-bond acceptors (Lipinski definition) is 3. The first-order valence-corrected chi connectivity index (χ1v) is 6.42. The molecule has 20 heavy (non-hydrogen) atoms. The largest absolute Gasteiger partial charge is 0.328 e. The Hall–Kier alpha value is -2.69. The van der Waals surface area contributed by atoms with Gasteiger partial charge in [-0.15, -0.1) is 0 Å². The molecule has 0 aliphatic rings. The molecule has 4 rings (SSSR count). The van der Waals surface area contributed by atoms with Gasteiger partial charge in [0, 0.05) is 37.4 Å². The van der Waals surface area contributed by atoms with Crippen LogP contribution in [-0.4, -0.2) is 24.1 Å². The predicted octanol–water partition coefficient (Wildman–Crippen LogP) is 2.52. The third-order valence-corrected chi connectivity index (χ3v) is 3.64. The molecule has 4 heterocycles. The van der Waals surface area contributed by atoms with Crippen molar-refractivity contribution in [1.82, 2.24) is 24.1 Å². The standard InChI is InChI=1S/C15H13N5/c1-19-9-18-12-6-11(8-17-15(12)19)13-7-10-4-3-5-16-14(10)20(13)2/h3-9H,1-2H3. The van der Waals surface area contributed by atoms with Crippen molar-refractivity contribution in [1.29, 1.82) is 0 Å². The van der Waals surface area contributed by atoms with E-state index in [0.717, 1.165) is 33.5 Å². The van der Waals surface area contributed by atoms with Crippen LogP contribution in [0.5, 0.6) is 0 Å². The third-order valence-electron chi connectivity index (χ3n) is 3.64. The van der Waals surface area contributed by atoms with E-state index in [-0.39, 0.29) is 0 Å². The minimum Gasteiger partial charge on any atom is -0.328 e. The fraction of sp³-hybridized carbons (Fsp3) is 0.133. The molecule has 0 bridgehead atoms. The van der Waals surface area contributed by atoms with Gasteiger partial charge in [-0.25, -0.2) is 15.0 Å². The van der Waals surface area contributed by atoms with E-state index in [1.165, 1.54) is 0 Å². The van der Waals surface area contributed by atoms with Gasteiger partial charge in [0.2, 0.25) is 0 Å². The van der Waals surface area contributed by atoms with Crippen LogP contribution in [0.4, 0.5) is 0 Å².